The molecule has 0 spiro atoms. The number of nitrogens with zero attached hydrogens (tertiary/aromatic N) is 3. The van der Waals surface area contributed by atoms with E-state index >= 15 is 0 Å². The highest BCUT2D eigenvalue weighted by Crippen LogP contribution is 2.16. The van der Waals surface area contributed by atoms with Gasteiger partial charge in [0.05, 0.1) is 6.61 Å². The summed E-state index contributed by atoms with van der Waals surface area (Å²) in [6.45, 7) is 5.61. The Bertz CT molecular complexity index is 641. The maximum Gasteiger partial charge on any atom is 0.276 e. The van der Waals surface area contributed by atoms with E-state index in [1.165, 1.54) is 0 Å². The van der Waals surface area contributed by atoms with Gasteiger partial charge in [-0.2, -0.15) is 0 Å². The average Bonchev–Trinajstić information content (AvgIpc) is 2.61. The number of ether oxygens (including phenoxy) is 1. The zero-order chi connectivity index (χ0) is 17.4. The van der Waals surface area contributed by atoms with Gasteiger partial charge in [0, 0.05) is 19.3 Å². The molecule has 128 valence electrons. The van der Waals surface area contributed by atoms with Crippen molar-refractivity contribution in [2.75, 3.05) is 30.4 Å². The van der Waals surface area contributed by atoms with Gasteiger partial charge in [-0.1, -0.05) is 13.3 Å². The van der Waals surface area contributed by atoms with Crippen LogP contribution in [0.25, 0.3) is 0 Å². The average molecular weight is 328 g/mol. The predicted molar refractivity (Wildman–Crippen MR) is 95.8 cm³/mol. The van der Waals surface area contributed by atoms with E-state index in [0.29, 0.717) is 12.3 Å². The predicted octanol–water partition coefficient (Wildman–Crippen LogP) is 3.36. The molecule has 0 fully saturated rings. The number of rotatable bonds is 8. The first-order valence-corrected chi connectivity index (χ1v) is 8.23. The Morgan fingerprint density at radius 2 is 1.88 bits per heavy atom. The van der Waals surface area contributed by atoms with E-state index in [0.717, 1.165) is 31.0 Å². The molecule has 1 aromatic heterocycles. The number of amides is 1. The van der Waals surface area contributed by atoms with Gasteiger partial charge in [0.15, 0.2) is 11.5 Å². The molecule has 6 nitrogen and oxygen atoms in total. The molecule has 0 saturated heterocycles. The minimum Gasteiger partial charge on any atom is -0.494 e. The molecule has 0 aliphatic heterocycles. The molecule has 2 rings (SSSR count). The van der Waals surface area contributed by atoms with Gasteiger partial charge in [-0.15, -0.1) is 10.2 Å². The SMILES string of the molecule is CCCCN(C)c1ccc(C(=O)Nc2ccc(OCC)cc2)nn1. The Morgan fingerprint density at radius 3 is 2.46 bits per heavy atom. The van der Waals surface area contributed by atoms with Crippen molar-refractivity contribution in [3.63, 3.8) is 0 Å². The Labute approximate surface area is 142 Å². The van der Waals surface area contributed by atoms with Crippen molar-refractivity contribution in [2.45, 2.75) is 26.7 Å². The fourth-order valence-corrected chi connectivity index (χ4v) is 2.16. The summed E-state index contributed by atoms with van der Waals surface area (Å²) in [5.74, 6) is 1.25. The third-order valence-corrected chi connectivity index (χ3v) is 3.54. The zero-order valence-electron chi connectivity index (χ0n) is 14.5. The van der Waals surface area contributed by atoms with Crippen LogP contribution in [0.4, 0.5) is 11.5 Å². The summed E-state index contributed by atoms with van der Waals surface area (Å²) in [6, 6.07) is 10.7. The lowest BCUT2D eigenvalue weighted by Gasteiger charge is -2.16. The van der Waals surface area contributed by atoms with Crippen LogP contribution in [0.2, 0.25) is 0 Å². The van der Waals surface area contributed by atoms with Crippen LogP contribution < -0.4 is 15.0 Å². The first-order chi connectivity index (χ1) is 11.6. The highest BCUT2D eigenvalue weighted by Gasteiger charge is 2.10. The zero-order valence-corrected chi connectivity index (χ0v) is 14.5. The fraction of sp³-hybridized carbons (Fsp3) is 0.389. The van der Waals surface area contributed by atoms with Gasteiger partial charge in [-0.3, -0.25) is 4.79 Å². The highest BCUT2D eigenvalue weighted by molar-refractivity contribution is 6.02. The Balaban J connectivity index is 1.96. The van der Waals surface area contributed by atoms with E-state index in [2.05, 4.69) is 22.4 Å². The van der Waals surface area contributed by atoms with Gasteiger partial charge in [0.25, 0.3) is 5.91 Å². The van der Waals surface area contributed by atoms with Gasteiger partial charge >= 0.3 is 0 Å². The molecule has 24 heavy (non-hydrogen) atoms. The lowest BCUT2D eigenvalue weighted by Crippen LogP contribution is -2.21. The molecule has 0 saturated carbocycles. The molecule has 0 aliphatic carbocycles. The Hall–Kier alpha value is -2.63. The number of carbonyl (C=O) groups excluding carboxylic acids is 1. The van der Waals surface area contributed by atoms with Crippen molar-refractivity contribution in [2.24, 2.45) is 0 Å². The number of nitrogens with one attached hydrogen (secondary N) is 1. The number of anilines is 2. The summed E-state index contributed by atoms with van der Waals surface area (Å²) in [5.41, 5.74) is 0.978. The van der Waals surface area contributed by atoms with E-state index in [4.69, 9.17) is 4.74 Å². The number of hydrogen-bond acceptors (Lipinski definition) is 5. The largest absolute Gasteiger partial charge is 0.494 e. The Morgan fingerprint density at radius 1 is 1.12 bits per heavy atom. The first kappa shape index (κ1) is 17.7. The molecule has 1 N–H and O–H groups in total. The van der Waals surface area contributed by atoms with Crippen LogP contribution in [-0.4, -0.2) is 36.3 Å². The lowest BCUT2D eigenvalue weighted by atomic mass is 10.3. The number of carbonyl (C=O) groups is 1. The highest BCUT2D eigenvalue weighted by atomic mass is 16.5. The molecule has 0 bridgehead atoms. The molecule has 1 heterocycles. The molecule has 0 radical (unpaired) electrons. The monoisotopic (exact) mass is 328 g/mol. The molecule has 2 aromatic rings. The fourth-order valence-electron chi connectivity index (χ4n) is 2.16. The number of aromatic nitrogens is 2. The van der Waals surface area contributed by atoms with E-state index in [9.17, 15) is 4.79 Å². The maximum atomic E-state index is 12.2. The summed E-state index contributed by atoms with van der Waals surface area (Å²) in [7, 11) is 1.97. The second-order valence-electron chi connectivity index (χ2n) is 5.46. The van der Waals surface area contributed by atoms with Crippen LogP contribution >= 0.6 is 0 Å². The minimum atomic E-state index is -0.283. The standard InChI is InChI=1S/C18H24N4O2/c1-4-6-13-22(3)17-12-11-16(20-21-17)18(23)19-14-7-9-15(10-8-14)24-5-2/h7-12H,4-6,13H2,1-3H3,(H,19,23). The first-order valence-electron chi connectivity index (χ1n) is 8.23. The van der Waals surface area contributed by atoms with Crippen molar-refractivity contribution in [1.29, 1.82) is 0 Å². The smallest absolute Gasteiger partial charge is 0.276 e. The van der Waals surface area contributed by atoms with Crippen LogP contribution in [0.3, 0.4) is 0 Å². The maximum absolute atomic E-state index is 12.2. The summed E-state index contributed by atoms with van der Waals surface area (Å²) < 4.78 is 5.37. The molecule has 0 atom stereocenters. The van der Waals surface area contributed by atoms with Crippen LogP contribution in [0.15, 0.2) is 36.4 Å². The van der Waals surface area contributed by atoms with Gasteiger partial charge in [-0.25, -0.2) is 0 Å². The third kappa shape index (κ3) is 4.94. The van der Waals surface area contributed by atoms with Gasteiger partial charge < -0.3 is 15.0 Å². The third-order valence-electron chi connectivity index (χ3n) is 3.54. The van der Waals surface area contributed by atoms with Gasteiger partial charge in [0.2, 0.25) is 0 Å². The van der Waals surface area contributed by atoms with Crippen molar-refractivity contribution in [3.05, 3.63) is 42.1 Å². The Kier molecular flexibility index (Phi) is 6.54. The molecule has 1 aromatic carbocycles. The summed E-state index contributed by atoms with van der Waals surface area (Å²) >= 11 is 0. The quantitative estimate of drug-likeness (QED) is 0.805. The second-order valence-corrected chi connectivity index (χ2v) is 5.46. The second kappa shape index (κ2) is 8.86. The van der Waals surface area contributed by atoms with E-state index in [-0.39, 0.29) is 11.6 Å². The molecular formula is C18H24N4O2. The minimum absolute atomic E-state index is 0.283. The molecule has 0 unspecified atom stereocenters. The van der Waals surface area contributed by atoms with Crippen molar-refractivity contribution in [3.8, 4) is 5.75 Å². The summed E-state index contributed by atoms with van der Waals surface area (Å²) in [5, 5.41) is 11.0. The topological polar surface area (TPSA) is 67.4 Å². The molecule has 1 amide bonds. The lowest BCUT2D eigenvalue weighted by molar-refractivity contribution is 0.102. The molecule has 0 aliphatic rings. The summed E-state index contributed by atoms with van der Waals surface area (Å²) in [4.78, 5) is 14.3. The van der Waals surface area contributed by atoms with Crippen molar-refractivity contribution >= 4 is 17.4 Å². The summed E-state index contributed by atoms with van der Waals surface area (Å²) in [6.07, 6.45) is 2.22. The van der Waals surface area contributed by atoms with E-state index < -0.39 is 0 Å². The van der Waals surface area contributed by atoms with Gasteiger partial charge in [-0.05, 0) is 49.7 Å². The van der Waals surface area contributed by atoms with E-state index in [1.807, 2.05) is 37.1 Å². The van der Waals surface area contributed by atoms with Crippen LogP contribution in [0, 0.1) is 0 Å². The van der Waals surface area contributed by atoms with Crippen molar-refractivity contribution in [1.82, 2.24) is 10.2 Å². The van der Waals surface area contributed by atoms with Gasteiger partial charge in [0.1, 0.15) is 5.75 Å². The van der Waals surface area contributed by atoms with Crippen LogP contribution in [-0.2, 0) is 0 Å². The number of unbranched alkanes of at least 4 members (excludes halogenated alkanes) is 1. The number of hydrogen-bond donors (Lipinski definition) is 1. The number of benzene rings is 1. The molecular weight excluding hydrogens is 304 g/mol. The molecule has 6 heteroatoms. The van der Waals surface area contributed by atoms with Crippen LogP contribution in [0.1, 0.15) is 37.2 Å². The van der Waals surface area contributed by atoms with Crippen LogP contribution in [0.5, 0.6) is 5.75 Å². The van der Waals surface area contributed by atoms with Crippen molar-refractivity contribution < 1.29 is 9.53 Å². The van der Waals surface area contributed by atoms with E-state index in [1.54, 1.807) is 18.2 Å². The normalized spacial score (nSPS) is 10.3.